The second-order valence-corrected chi connectivity index (χ2v) is 2.93. The monoisotopic (exact) mass is 194 g/mol. The van der Waals surface area contributed by atoms with Crippen LogP contribution in [0.5, 0.6) is 0 Å². The van der Waals surface area contributed by atoms with E-state index in [1.807, 2.05) is 0 Å². The van der Waals surface area contributed by atoms with E-state index in [1.54, 1.807) is 12.1 Å². The summed E-state index contributed by atoms with van der Waals surface area (Å²) >= 11 is 0. The molecule has 0 radical (unpaired) electrons. The number of aldehydes is 1. The molecule has 0 aromatic heterocycles. The maximum absolute atomic E-state index is 10.3. The molecule has 0 heterocycles. The fourth-order valence-electron chi connectivity index (χ4n) is 1.07. The molecule has 0 amide bonds. The van der Waals surface area contributed by atoms with Gasteiger partial charge in [0.1, 0.15) is 6.29 Å². The van der Waals surface area contributed by atoms with Crippen molar-refractivity contribution < 1.29 is 9.72 Å². The Morgan fingerprint density at radius 3 is 2.43 bits per heavy atom. The number of nitrogens with two attached hydrogens (primary N) is 1. The summed E-state index contributed by atoms with van der Waals surface area (Å²) in [6.07, 6.45) is 1.06. The quantitative estimate of drug-likeness (QED) is 0.433. The van der Waals surface area contributed by atoms with Gasteiger partial charge in [-0.1, -0.05) is 12.1 Å². The van der Waals surface area contributed by atoms with Crippen LogP contribution in [-0.4, -0.2) is 17.3 Å². The molecule has 1 unspecified atom stereocenters. The number of nitrogens with zero attached hydrogens (tertiary/aromatic N) is 1. The zero-order valence-electron chi connectivity index (χ0n) is 7.42. The molecular weight excluding hydrogens is 184 g/mol. The van der Waals surface area contributed by atoms with E-state index in [4.69, 9.17) is 5.73 Å². The summed E-state index contributed by atoms with van der Waals surface area (Å²) in [4.78, 5) is 20.1. The van der Waals surface area contributed by atoms with Crippen molar-refractivity contribution in [2.45, 2.75) is 12.5 Å². The number of non-ortho nitro benzene ring substituents is 1. The summed E-state index contributed by atoms with van der Waals surface area (Å²) in [5, 5.41) is 10.3. The van der Waals surface area contributed by atoms with Crippen LogP contribution in [0.1, 0.15) is 5.56 Å². The lowest BCUT2D eigenvalue weighted by Gasteiger charge is -2.02. The van der Waals surface area contributed by atoms with E-state index in [-0.39, 0.29) is 5.69 Å². The van der Waals surface area contributed by atoms with Gasteiger partial charge in [0.05, 0.1) is 11.0 Å². The van der Waals surface area contributed by atoms with Gasteiger partial charge in [0.15, 0.2) is 0 Å². The van der Waals surface area contributed by atoms with E-state index in [1.165, 1.54) is 12.1 Å². The molecule has 1 aromatic carbocycles. The van der Waals surface area contributed by atoms with Crippen LogP contribution in [0, 0.1) is 10.1 Å². The fourth-order valence-corrected chi connectivity index (χ4v) is 1.07. The summed E-state index contributed by atoms with van der Waals surface area (Å²) in [7, 11) is 0. The summed E-state index contributed by atoms with van der Waals surface area (Å²) in [6.45, 7) is 0. The molecule has 1 aromatic rings. The molecule has 0 aliphatic rings. The molecule has 0 saturated carbocycles. The topological polar surface area (TPSA) is 86.2 Å². The molecule has 74 valence electrons. The van der Waals surface area contributed by atoms with Gasteiger partial charge in [-0.3, -0.25) is 10.1 Å². The minimum absolute atomic E-state index is 0.0356. The summed E-state index contributed by atoms with van der Waals surface area (Å²) in [5.41, 5.74) is 6.25. The average molecular weight is 194 g/mol. The Kier molecular flexibility index (Phi) is 3.30. The number of nitro benzene ring substituents is 1. The van der Waals surface area contributed by atoms with Crippen LogP contribution < -0.4 is 5.73 Å². The third kappa shape index (κ3) is 2.63. The third-order valence-electron chi connectivity index (χ3n) is 1.79. The third-order valence-corrected chi connectivity index (χ3v) is 1.79. The van der Waals surface area contributed by atoms with Crippen molar-refractivity contribution in [1.29, 1.82) is 0 Å². The lowest BCUT2D eigenvalue weighted by Crippen LogP contribution is -2.23. The van der Waals surface area contributed by atoms with Crippen LogP contribution >= 0.6 is 0 Å². The smallest absolute Gasteiger partial charge is 0.269 e. The van der Waals surface area contributed by atoms with Gasteiger partial charge in [0.2, 0.25) is 0 Å². The molecular formula is C9H10N2O3. The SMILES string of the molecule is NC(C=O)Cc1ccc([N+](=O)[O-])cc1. The number of nitro groups is 1. The van der Waals surface area contributed by atoms with Crippen LogP contribution in [-0.2, 0) is 11.2 Å². The van der Waals surface area contributed by atoms with E-state index >= 15 is 0 Å². The number of carbonyl (C=O) groups is 1. The fraction of sp³-hybridized carbons (Fsp3) is 0.222. The van der Waals surface area contributed by atoms with E-state index in [9.17, 15) is 14.9 Å². The standard InChI is InChI=1S/C9H10N2O3/c10-8(6-12)5-7-1-3-9(4-2-7)11(13)14/h1-4,6,8H,5,10H2. The highest BCUT2D eigenvalue weighted by Crippen LogP contribution is 2.12. The Morgan fingerprint density at radius 2 is 2.00 bits per heavy atom. The van der Waals surface area contributed by atoms with E-state index in [2.05, 4.69) is 0 Å². The van der Waals surface area contributed by atoms with Gasteiger partial charge in [-0.25, -0.2) is 0 Å². The lowest BCUT2D eigenvalue weighted by molar-refractivity contribution is -0.384. The zero-order chi connectivity index (χ0) is 10.6. The molecule has 0 aliphatic heterocycles. The molecule has 0 bridgehead atoms. The second kappa shape index (κ2) is 4.48. The maximum atomic E-state index is 10.3. The summed E-state index contributed by atoms with van der Waals surface area (Å²) in [6, 6.07) is 5.44. The minimum Gasteiger partial charge on any atom is -0.321 e. The molecule has 0 aliphatic carbocycles. The number of hydrogen-bond donors (Lipinski definition) is 1. The average Bonchev–Trinajstić information content (AvgIpc) is 2.18. The molecule has 5 nitrogen and oxygen atoms in total. The molecule has 5 heteroatoms. The van der Waals surface area contributed by atoms with Crippen LogP contribution in [0.3, 0.4) is 0 Å². The second-order valence-electron chi connectivity index (χ2n) is 2.93. The van der Waals surface area contributed by atoms with Crippen LogP contribution in [0.2, 0.25) is 0 Å². The van der Waals surface area contributed by atoms with Gasteiger partial charge in [0, 0.05) is 12.1 Å². The van der Waals surface area contributed by atoms with Gasteiger partial charge in [0.25, 0.3) is 5.69 Å². The van der Waals surface area contributed by atoms with Crippen LogP contribution in [0.15, 0.2) is 24.3 Å². The number of benzene rings is 1. The van der Waals surface area contributed by atoms with Crippen LogP contribution in [0.25, 0.3) is 0 Å². The molecule has 0 fully saturated rings. The van der Waals surface area contributed by atoms with Crippen molar-refractivity contribution in [2.75, 3.05) is 0 Å². The van der Waals surface area contributed by atoms with Gasteiger partial charge >= 0.3 is 0 Å². The number of hydrogen-bond acceptors (Lipinski definition) is 4. The van der Waals surface area contributed by atoms with Gasteiger partial charge in [-0.15, -0.1) is 0 Å². The first kappa shape index (κ1) is 10.3. The zero-order valence-corrected chi connectivity index (χ0v) is 7.42. The highest BCUT2D eigenvalue weighted by molar-refractivity contribution is 5.57. The van der Waals surface area contributed by atoms with Gasteiger partial charge in [-0.2, -0.15) is 0 Å². The van der Waals surface area contributed by atoms with E-state index in [0.29, 0.717) is 12.7 Å². The summed E-state index contributed by atoms with van der Waals surface area (Å²) in [5.74, 6) is 0. The first-order valence-electron chi connectivity index (χ1n) is 4.07. The molecule has 0 spiro atoms. The van der Waals surface area contributed by atoms with Gasteiger partial charge in [-0.05, 0) is 12.0 Å². The number of carbonyl (C=O) groups excluding carboxylic acids is 1. The normalized spacial score (nSPS) is 12.1. The highest BCUT2D eigenvalue weighted by Gasteiger charge is 2.06. The van der Waals surface area contributed by atoms with E-state index < -0.39 is 11.0 Å². The first-order chi connectivity index (χ1) is 6.63. The predicted octanol–water partition coefficient (Wildman–Crippen LogP) is 0.663. The molecule has 1 rings (SSSR count). The highest BCUT2D eigenvalue weighted by atomic mass is 16.6. The predicted molar refractivity (Wildman–Crippen MR) is 50.8 cm³/mol. The van der Waals surface area contributed by atoms with Crippen molar-refractivity contribution in [2.24, 2.45) is 5.73 Å². The molecule has 14 heavy (non-hydrogen) atoms. The Labute approximate surface area is 80.7 Å². The lowest BCUT2D eigenvalue weighted by atomic mass is 10.1. The largest absolute Gasteiger partial charge is 0.321 e. The maximum Gasteiger partial charge on any atom is 0.269 e. The van der Waals surface area contributed by atoms with Crippen molar-refractivity contribution in [3.63, 3.8) is 0 Å². The van der Waals surface area contributed by atoms with Crippen molar-refractivity contribution in [3.8, 4) is 0 Å². The van der Waals surface area contributed by atoms with Crippen LogP contribution in [0.4, 0.5) is 5.69 Å². The molecule has 0 saturated heterocycles. The first-order valence-corrected chi connectivity index (χ1v) is 4.07. The number of rotatable bonds is 4. The Balaban J connectivity index is 2.73. The summed E-state index contributed by atoms with van der Waals surface area (Å²) < 4.78 is 0. The Hall–Kier alpha value is -1.75. The molecule has 2 N–H and O–H groups in total. The van der Waals surface area contributed by atoms with Crippen molar-refractivity contribution >= 4 is 12.0 Å². The van der Waals surface area contributed by atoms with Crippen molar-refractivity contribution in [3.05, 3.63) is 39.9 Å². The minimum atomic E-state index is -0.545. The Morgan fingerprint density at radius 1 is 1.43 bits per heavy atom. The van der Waals surface area contributed by atoms with E-state index in [0.717, 1.165) is 5.56 Å². The Bertz CT molecular complexity index is 334. The molecule has 1 atom stereocenters. The van der Waals surface area contributed by atoms with Gasteiger partial charge < -0.3 is 10.5 Å². The van der Waals surface area contributed by atoms with Crippen molar-refractivity contribution in [1.82, 2.24) is 0 Å².